The summed E-state index contributed by atoms with van der Waals surface area (Å²) in [6.45, 7) is 0.636. The van der Waals surface area contributed by atoms with Gasteiger partial charge in [0, 0.05) is 30.4 Å². The van der Waals surface area contributed by atoms with Crippen molar-refractivity contribution in [2.24, 2.45) is 0 Å². The largest absolute Gasteiger partial charge is 0.496 e. The molecule has 26 heavy (non-hydrogen) atoms. The molecule has 0 fully saturated rings. The topological polar surface area (TPSA) is 50.4 Å². The molecule has 0 unspecified atom stereocenters. The number of benzene rings is 3. The molecule has 0 aliphatic carbocycles. The van der Waals surface area contributed by atoms with Crippen molar-refractivity contribution in [1.82, 2.24) is 5.32 Å². The van der Waals surface area contributed by atoms with E-state index in [2.05, 4.69) is 41.0 Å². The molecule has 0 bridgehead atoms. The van der Waals surface area contributed by atoms with E-state index in [9.17, 15) is 4.79 Å². The van der Waals surface area contributed by atoms with E-state index in [0.29, 0.717) is 12.1 Å². The number of nitrogens with one attached hydrogen (secondary N) is 2. The number of ether oxygens (including phenoxy) is 1. The number of amides is 1. The fourth-order valence-corrected chi connectivity index (χ4v) is 2.78. The number of methoxy groups -OCH3 is 1. The van der Waals surface area contributed by atoms with Gasteiger partial charge in [0.05, 0.1) is 7.11 Å². The molecule has 3 aromatic rings. The van der Waals surface area contributed by atoms with Gasteiger partial charge in [-0.3, -0.25) is 4.79 Å². The highest BCUT2D eigenvalue weighted by molar-refractivity contribution is 5.94. The third-order valence-electron chi connectivity index (χ3n) is 4.25. The second-order valence-corrected chi connectivity index (χ2v) is 5.90. The van der Waals surface area contributed by atoms with Crippen molar-refractivity contribution >= 4 is 11.6 Å². The smallest absolute Gasteiger partial charge is 0.251 e. The van der Waals surface area contributed by atoms with Gasteiger partial charge in [0.1, 0.15) is 5.75 Å². The summed E-state index contributed by atoms with van der Waals surface area (Å²) >= 11 is 0. The lowest BCUT2D eigenvalue weighted by molar-refractivity contribution is 0.0963. The van der Waals surface area contributed by atoms with Crippen LogP contribution in [0.3, 0.4) is 0 Å². The Hall–Kier alpha value is -3.27. The highest BCUT2D eigenvalue weighted by atomic mass is 16.5. The summed E-state index contributed by atoms with van der Waals surface area (Å²) < 4.78 is 5.57. The van der Waals surface area contributed by atoms with Crippen LogP contribution in [-0.4, -0.2) is 20.1 Å². The molecule has 132 valence electrons. The molecule has 3 aromatic carbocycles. The van der Waals surface area contributed by atoms with E-state index < -0.39 is 0 Å². The first-order valence-corrected chi connectivity index (χ1v) is 8.49. The monoisotopic (exact) mass is 346 g/mol. The molecular weight excluding hydrogens is 324 g/mol. The normalized spacial score (nSPS) is 10.2. The van der Waals surface area contributed by atoms with Gasteiger partial charge >= 0.3 is 0 Å². The van der Waals surface area contributed by atoms with Gasteiger partial charge in [-0.1, -0.05) is 42.5 Å². The van der Waals surface area contributed by atoms with E-state index in [0.717, 1.165) is 28.1 Å². The lowest BCUT2D eigenvalue weighted by atomic mass is 10.0. The summed E-state index contributed by atoms with van der Waals surface area (Å²) in [4.78, 5) is 11.6. The van der Waals surface area contributed by atoms with Crippen LogP contribution < -0.4 is 15.4 Å². The maximum absolute atomic E-state index is 11.6. The van der Waals surface area contributed by atoms with Crippen molar-refractivity contribution in [3.05, 3.63) is 83.9 Å². The minimum atomic E-state index is -0.0882. The second kappa shape index (κ2) is 8.21. The molecule has 0 aliphatic heterocycles. The van der Waals surface area contributed by atoms with Crippen LogP contribution in [0.5, 0.6) is 5.75 Å². The first kappa shape index (κ1) is 17.5. The van der Waals surface area contributed by atoms with Gasteiger partial charge in [-0.15, -0.1) is 0 Å². The molecule has 4 nitrogen and oxygen atoms in total. The van der Waals surface area contributed by atoms with Gasteiger partial charge in [0.15, 0.2) is 0 Å². The van der Waals surface area contributed by atoms with E-state index in [-0.39, 0.29) is 5.91 Å². The van der Waals surface area contributed by atoms with Crippen molar-refractivity contribution in [1.29, 1.82) is 0 Å². The van der Waals surface area contributed by atoms with E-state index in [1.54, 1.807) is 26.3 Å². The van der Waals surface area contributed by atoms with E-state index >= 15 is 0 Å². The van der Waals surface area contributed by atoms with Crippen LogP contribution in [0.1, 0.15) is 15.9 Å². The average Bonchev–Trinajstić information content (AvgIpc) is 2.72. The van der Waals surface area contributed by atoms with Gasteiger partial charge < -0.3 is 15.4 Å². The standard InChI is InChI=1S/C22H22N2O2/c1-23-22(25)17-10-12-20(13-11-17)24-15-19-9-8-18(14-21(19)26-2)16-6-4-3-5-7-16/h3-14,24H,15H2,1-2H3,(H,23,25). The van der Waals surface area contributed by atoms with Crippen LogP contribution in [0.4, 0.5) is 5.69 Å². The molecule has 0 aliphatic rings. The summed E-state index contributed by atoms with van der Waals surface area (Å²) in [6.07, 6.45) is 0. The molecule has 0 heterocycles. The molecule has 0 saturated carbocycles. The van der Waals surface area contributed by atoms with Gasteiger partial charge in [-0.05, 0) is 41.5 Å². The third kappa shape index (κ3) is 4.03. The van der Waals surface area contributed by atoms with Crippen molar-refractivity contribution in [2.75, 3.05) is 19.5 Å². The summed E-state index contributed by atoms with van der Waals surface area (Å²) in [7, 11) is 3.31. The molecule has 0 aromatic heterocycles. The van der Waals surface area contributed by atoms with Crippen molar-refractivity contribution in [3.8, 4) is 16.9 Å². The van der Waals surface area contributed by atoms with E-state index in [1.165, 1.54) is 0 Å². The Labute approximate surface area is 153 Å². The zero-order valence-corrected chi connectivity index (χ0v) is 15.0. The fourth-order valence-electron chi connectivity index (χ4n) is 2.78. The van der Waals surface area contributed by atoms with Crippen LogP contribution in [0.25, 0.3) is 11.1 Å². The Morgan fingerprint density at radius 2 is 1.65 bits per heavy atom. The number of anilines is 1. The minimum absolute atomic E-state index is 0.0882. The van der Waals surface area contributed by atoms with Crippen LogP contribution >= 0.6 is 0 Å². The number of hydrogen-bond acceptors (Lipinski definition) is 3. The number of carbonyl (C=O) groups excluding carboxylic acids is 1. The van der Waals surface area contributed by atoms with Crippen molar-refractivity contribution in [3.63, 3.8) is 0 Å². The molecule has 1 amide bonds. The quantitative estimate of drug-likeness (QED) is 0.698. The Morgan fingerprint density at radius 3 is 2.31 bits per heavy atom. The fraction of sp³-hybridized carbons (Fsp3) is 0.136. The lowest BCUT2D eigenvalue weighted by Crippen LogP contribution is -2.17. The third-order valence-corrected chi connectivity index (χ3v) is 4.25. The highest BCUT2D eigenvalue weighted by Crippen LogP contribution is 2.27. The minimum Gasteiger partial charge on any atom is -0.496 e. The molecule has 0 radical (unpaired) electrons. The predicted molar refractivity (Wildman–Crippen MR) is 106 cm³/mol. The van der Waals surface area contributed by atoms with Crippen LogP contribution in [0.15, 0.2) is 72.8 Å². The molecule has 4 heteroatoms. The Balaban J connectivity index is 1.72. The maximum atomic E-state index is 11.6. The van der Waals surface area contributed by atoms with Crippen LogP contribution in [0.2, 0.25) is 0 Å². The van der Waals surface area contributed by atoms with E-state index in [4.69, 9.17) is 4.74 Å². The Bertz CT molecular complexity index is 874. The van der Waals surface area contributed by atoms with Gasteiger partial charge in [0.2, 0.25) is 0 Å². The number of carbonyl (C=O) groups is 1. The Kier molecular flexibility index (Phi) is 5.54. The second-order valence-electron chi connectivity index (χ2n) is 5.90. The highest BCUT2D eigenvalue weighted by Gasteiger charge is 2.07. The first-order chi connectivity index (χ1) is 12.7. The van der Waals surface area contributed by atoms with Crippen LogP contribution in [0, 0.1) is 0 Å². The van der Waals surface area contributed by atoms with Gasteiger partial charge in [-0.25, -0.2) is 0 Å². The molecule has 0 saturated heterocycles. The van der Waals surface area contributed by atoms with Crippen molar-refractivity contribution in [2.45, 2.75) is 6.54 Å². The molecule has 2 N–H and O–H groups in total. The van der Waals surface area contributed by atoms with E-state index in [1.807, 2.05) is 30.3 Å². The zero-order chi connectivity index (χ0) is 18.4. The number of rotatable bonds is 6. The lowest BCUT2D eigenvalue weighted by Gasteiger charge is -2.13. The maximum Gasteiger partial charge on any atom is 0.251 e. The zero-order valence-electron chi connectivity index (χ0n) is 15.0. The summed E-state index contributed by atoms with van der Waals surface area (Å²) in [5, 5.41) is 5.98. The van der Waals surface area contributed by atoms with Crippen LogP contribution in [-0.2, 0) is 6.54 Å². The first-order valence-electron chi connectivity index (χ1n) is 8.49. The number of hydrogen-bond donors (Lipinski definition) is 2. The molecule has 3 rings (SSSR count). The summed E-state index contributed by atoms with van der Waals surface area (Å²) in [6, 6.07) is 23.9. The molecular formula is C22H22N2O2. The van der Waals surface area contributed by atoms with Gasteiger partial charge in [0.25, 0.3) is 5.91 Å². The molecule has 0 spiro atoms. The molecule has 0 atom stereocenters. The Morgan fingerprint density at radius 1 is 0.923 bits per heavy atom. The van der Waals surface area contributed by atoms with Gasteiger partial charge in [-0.2, -0.15) is 0 Å². The van der Waals surface area contributed by atoms with Crippen molar-refractivity contribution < 1.29 is 9.53 Å². The summed E-state index contributed by atoms with van der Waals surface area (Å²) in [5.74, 6) is 0.760. The average molecular weight is 346 g/mol. The summed E-state index contributed by atoms with van der Waals surface area (Å²) in [5.41, 5.74) is 4.95. The SMILES string of the molecule is CNC(=O)c1ccc(NCc2ccc(-c3ccccc3)cc2OC)cc1. The predicted octanol–water partition coefficient (Wildman–Crippen LogP) is 4.33.